The molecule has 0 atom stereocenters. The van der Waals surface area contributed by atoms with E-state index in [9.17, 15) is 8.42 Å². The molecule has 2 N–H and O–H groups in total. The number of hydrogen-bond acceptors (Lipinski definition) is 5. The van der Waals surface area contributed by atoms with E-state index in [0.717, 1.165) is 66.8 Å². The van der Waals surface area contributed by atoms with E-state index < -0.39 is 10.0 Å². The highest BCUT2D eigenvalue weighted by Crippen LogP contribution is 2.27. The SMILES string of the molecule is Cc1ccc2c(OCCN3CCC(Cc4ccc(Cl)c(S(N)(=O)=O)c4)CC3)cccc2n1. The zero-order chi connectivity index (χ0) is 22.7. The van der Waals surface area contributed by atoms with Gasteiger partial charge in [-0.05, 0) is 87.2 Å². The lowest BCUT2D eigenvalue weighted by Crippen LogP contribution is -2.37. The zero-order valence-electron chi connectivity index (χ0n) is 18.1. The second-order valence-corrected chi connectivity index (χ2v) is 10.4. The highest BCUT2D eigenvalue weighted by atomic mass is 35.5. The number of fused-ring (bicyclic) bond motifs is 1. The summed E-state index contributed by atoms with van der Waals surface area (Å²) in [5.41, 5.74) is 2.91. The molecule has 32 heavy (non-hydrogen) atoms. The second kappa shape index (κ2) is 9.75. The number of nitrogens with two attached hydrogens (primary N) is 1. The van der Waals surface area contributed by atoms with Crippen LogP contribution in [0, 0.1) is 12.8 Å². The van der Waals surface area contributed by atoms with Gasteiger partial charge in [0.25, 0.3) is 0 Å². The van der Waals surface area contributed by atoms with E-state index in [0.29, 0.717) is 12.5 Å². The first kappa shape index (κ1) is 23.0. The number of ether oxygens (including phenoxy) is 1. The van der Waals surface area contributed by atoms with Crippen LogP contribution in [0.15, 0.2) is 53.4 Å². The molecule has 170 valence electrons. The van der Waals surface area contributed by atoms with Crippen molar-refractivity contribution < 1.29 is 13.2 Å². The zero-order valence-corrected chi connectivity index (χ0v) is 19.7. The van der Waals surface area contributed by atoms with Crippen molar-refractivity contribution in [2.45, 2.75) is 31.1 Å². The van der Waals surface area contributed by atoms with Gasteiger partial charge in [0, 0.05) is 17.6 Å². The van der Waals surface area contributed by atoms with Crippen molar-refractivity contribution in [3.05, 3.63) is 64.8 Å². The lowest BCUT2D eigenvalue weighted by Gasteiger charge is -2.32. The molecule has 0 aliphatic carbocycles. The number of pyridine rings is 1. The van der Waals surface area contributed by atoms with Gasteiger partial charge in [-0.2, -0.15) is 0 Å². The maximum atomic E-state index is 11.7. The number of aryl methyl sites for hydroxylation is 1. The van der Waals surface area contributed by atoms with Crippen LogP contribution in [0.25, 0.3) is 10.9 Å². The summed E-state index contributed by atoms with van der Waals surface area (Å²) in [6.45, 7) is 5.49. The van der Waals surface area contributed by atoms with Crippen molar-refractivity contribution in [1.29, 1.82) is 0 Å². The second-order valence-electron chi connectivity index (χ2n) is 8.42. The Kier molecular flexibility index (Phi) is 7.00. The minimum Gasteiger partial charge on any atom is -0.492 e. The normalized spacial score (nSPS) is 15.8. The van der Waals surface area contributed by atoms with Gasteiger partial charge in [0.2, 0.25) is 10.0 Å². The number of hydrogen-bond donors (Lipinski definition) is 1. The van der Waals surface area contributed by atoms with Crippen molar-refractivity contribution in [2.75, 3.05) is 26.2 Å². The van der Waals surface area contributed by atoms with Gasteiger partial charge in [-0.25, -0.2) is 13.6 Å². The molecule has 3 aromatic rings. The summed E-state index contributed by atoms with van der Waals surface area (Å²) in [6, 6.07) is 15.2. The Morgan fingerprint density at radius 3 is 2.69 bits per heavy atom. The predicted molar refractivity (Wildman–Crippen MR) is 128 cm³/mol. The van der Waals surface area contributed by atoms with Crippen molar-refractivity contribution in [2.24, 2.45) is 11.1 Å². The third kappa shape index (κ3) is 5.59. The summed E-state index contributed by atoms with van der Waals surface area (Å²) in [6.07, 6.45) is 2.95. The topological polar surface area (TPSA) is 85.5 Å². The van der Waals surface area contributed by atoms with Crippen LogP contribution in [0.3, 0.4) is 0 Å². The highest BCUT2D eigenvalue weighted by Gasteiger charge is 2.21. The van der Waals surface area contributed by atoms with Gasteiger partial charge in [0.05, 0.1) is 10.5 Å². The van der Waals surface area contributed by atoms with Gasteiger partial charge < -0.3 is 4.74 Å². The standard InChI is InChI=1S/C24H28ClN3O3S/c1-17-5-7-20-22(27-17)3-2-4-23(20)31-14-13-28-11-9-18(10-12-28)15-19-6-8-21(25)24(16-19)32(26,29)30/h2-8,16,18H,9-15H2,1H3,(H2,26,29,30). The number of halogens is 1. The average Bonchev–Trinajstić information content (AvgIpc) is 2.75. The molecule has 0 unspecified atom stereocenters. The van der Waals surface area contributed by atoms with Gasteiger partial charge in [0.1, 0.15) is 17.3 Å². The van der Waals surface area contributed by atoms with Crippen molar-refractivity contribution in [3.8, 4) is 5.75 Å². The molecule has 1 aromatic heterocycles. The Hall–Kier alpha value is -2.19. The lowest BCUT2D eigenvalue weighted by molar-refractivity contribution is 0.155. The number of primary sulfonamides is 1. The van der Waals surface area contributed by atoms with Crippen LogP contribution in [0.5, 0.6) is 5.75 Å². The monoisotopic (exact) mass is 473 g/mol. The largest absolute Gasteiger partial charge is 0.492 e. The maximum Gasteiger partial charge on any atom is 0.239 e. The molecule has 2 aromatic carbocycles. The number of rotatable bonds is 7. The number of likely N-dealkylation sites (tertiary alicyclic amines) is 1. The number of nitrogens with zero attached hydrogens (tertiary/aromatic N) is 2. The van der Waals surface area contributed by atoms with Crippen LogP contribution < -0.4 is 9.88 Å². The number of sulfonamides is 1. The average molecular weight is 474 g/mol. The first-order valence-electron chi connectivity index (χ1n) is 10.8. The van der Waals surface area contributed by atoms with Crippen LogP contribution in [0.1, 0.15) is 24.1 Å². The van der Waals surface area contributed by atoms with E-state index in [1.807, 2.05) is 37.3 Å². The minimum atomic E-state index is -3.81. The van der Waals surface area contributed by atoms with E-state index in [2.05, 4.69) is 16.0 Å². The summed E-state index contributed by atoms with van der Waals surface area (Å²) < 4.78 is 29.5. The van der Waals surface area contributed by atoms with E-state index in [-0.39, 0.29) is 9.92 Å². The van der Waals surface area contributed by atoms with Gasteiger partial charge >= 0.3 is 0 Å². The van der Waals surface area contributed by atoms with Crippen LogP contribution in [-0.4, -0.2) is 44.5 Å². The van der Waals surface area contributed by atoms with Gasteiger partial charge in [-0.3, -0.25) is 9.88 Å². The number of aromatic nitrogens is 1. The molecule has 2 heterocycles. The first-order valence-corrected chi connectivity index (χ1v) is 12.7. The predicted octanol–water partition coefficient (Wildman–Crippen LogP) is 4.18. The molecule has 0 spiro atoms. The summed E-state index contributed by atoms with van der Waals surface area (Å²) in [5.74, 6) is 1.38. The quantitative estimate of drug-likeness (QED) is 0.556. The minimum absolute atomic E-state index is 0.00467. The molecule has 0 bridgehead atoms. The summed E-state index contributed by atoms with van der Waals surface area (Å²) in [7, 11) is -3.81. The van der Waals surface area contributed by atoms with Crippen molar-refractivity contribution in [1.82, 2.24) is 9.88 Å². The molecule has 0 amide bonds. The van der Waals surface area contributed by atoms with Crippen LogP contribution in [0.4, 0.5) is 0 Å². The van der Waals surface area contributed by atoms with E-state index >= 15 is 0 Å². The van der Waals surface area contributed by atoms with E-state index in [4.69, 9.17) is 21.5 Å². The van der Waals surface area contributed by atoms with E-state index in [1.165, 1.54) is 0 Å². The van der Waals surface area contributed by atoms with Crippen LogP contribution >= 0.6 is 11.6 Å². The molecule has 0 radical (unpaired) electrons. The van der Waals surface area contributed by atoms with E-state index in [1.54, 1.807) is 12.1 Å². The van der Waals surface area contributed by atoms with Gasteiger partial charge in [-0.1, -0.05) is 23.7 Å². The smallest absolute Gasteiger partial charge is 0.239 e. The molecule has 1 saturated heterocycles. The molecule has 1 aliphatic rings. The molecule has 4 rings (SSSR count). The summed E-state index contributed by atoms with van der Waals surface area (Å²) in [4.78, 5) is 6.99. The molecule has 6 nitrogen and oxygen atoms in total. The van der Waals surface area contributed by atoms with Crippen molar-refractivity contribution in [3.63, 3.8) is 0 Å². The molecule has 0 saturated carbocycles. The summed E-state index contributed by atoms with van der Waals surface area (Å²) >= 11 is 5.99. The Morgan fingerprint density at radius 2 is 1.94 bits per heavy atom. The fourth-order valence-corrected chi connectivity index (χ4v) is 5.38. The number of piperidine rings is 1. The Labute approximate surface area is 194 Å². The Balaban J connectivity index is 1.27. The maximum absolute atomic E-state index is 11.7. The molecular formula is C24H28ClN3O3S. The number of benzene rings is 2. The Morgan fingerprint density at radius 1 is 1.16 bits per heavy atom. The Bertz CT molecular complexity index is 1210. The third-order valence-corrected chi connectivity index (χ3v) is 7.42. The van der Waals surface area contributed by atoms with Crippen LogP contribution in [-0.2, 0) is 16.4 Å². The first-order chi connectivity index (χ1) is 15.3. The molecule has 8 heteroatoms. The highest BCUT2D eigenvalue weighted by molar-refractivity contribution is 7.89. The fourth-order valence-electron chi connectivity index (χ4n) is 4.28. The van der Waals surface area contributed by atoms with Crippen LogP contribution in [0.2, 0.25) is 5.02 Å². The fraction of sp³-hybridized carbons (Fsp3) is 0.375. The van der Waals surface area contributed by atoms with Gasteiger partial charge in [-0.15, -0.1) is 0 Å². The lowest BCUT2D eigenvalue weighted by atomic mass is 9.90. The summed E-state index contributed by atoms with van der Waals surface area (Å²) in [5, 5.41) is 6.48. The molecule has 1 aliphatic heterocycles. The van der Waals surface area contributed by atoms with Crippen molar-refractivity contribution >= 4 is 32.5 Å². The van der Waals surface area contributed by atoms with Gasteiger partial charge in [0.15, 0.2) is 0 Å². The molecule has 1 fully saturated rings. The molecular weight excluding hydrogens is 446 g/mol. The third-order valence-electron chi connectivity index (χ3n) is 6.03.